The first-order valence-corrected chi connectivity index (χ1v) is 9.57. The summed E-state index contributed by atoms with van der Waals surface area (Å²) in [6.45, 7) is 0.309. The van der Waals surface area contributed by atoms with Gasteiger partial charge in [-0.25, -0.2) is 0 Å². The Labute approximate surface area is 172 Å². The molecule has 0 bridgehead atoms. The molecule has 0 saturated carbocycles. The highest BCUT2D eigenvalue weighted by atomic mass is 35.5. The van der Waals surface area contributed by atoms with Gasteiger partial charge in [0.15, 0.2) is 11.5 Å². The Kier molecular flexibility index (Phi) is 6.49. The number of carbonyl (C=O) groups is 2. The lowest BCUT2D eigenvalue weighted by atomic mass is 10.2. The van der Waals surface area contributed by atoms with Crippen LogP contribution in [0.15, 0.2) is 47.4 Å². The van der Waals surface area contributed by atoms with Gasteiger partial charge in [0.2, 0.25) is 0 Å². The van der Waals surface area contributed by atoms with Gasteiger partial charge in [0.1, 0.15) is 12.4 Å². The Bertz CT molecular complexity index is 931. The Morgan fingerprint density at radius 3 is 2.43 bits per heavy atom. The molecule has 2 amide bonds. The Hall–Kier alpha value is -2.64. The summed E-state index contributed by atoms with van der Waals surface area (Å²) >= 11 is 7.00. The minimum atomic E-state index is -0.356. The molecular weight excluding hydrogens is 402 g/mol. The molecule has 1 aliphatic heterocycles. The number of hydrogen-bond donors (Lipinski definition) is 0. The van der Waals surface area contributed by atoms with E-state index in [1.165, 1.54) is 7.11 Å². The van der Waals surface area contributed by atoms with Crippen LogP contribution in [0.25, 0.3) is 6.08 Å². The average Bonchev–Trinajstić information content (AvgIpc) is 2.96. The summed E-state index contributed by atoms with van der Waals surface area (Å²) in [7, 11) is 3.08. The first-order valence-electron chi connectivity index (χ1n) is 8.38. The SMILES string of the molecule is COc1ccc(/C=C2\SC(=O)N(CCOc3ccccc3OC)C2=O)cc1Cl. The number of thioether (sulfide) groups is 1. The monoisotopic (exact) mass is 419 g/mol. The number of ether oxygens (including phenoxy) is 3. The molecule has 0 unspecified atom stereocenters. The Balaban J connectivity index is 1.65. The number of nitrogens with zero attached hydrogens (tertiary/aromatic N) is 1. The van der Waals surface area contributed by atoms with E-state index in [4.69, 9.17) is 25.8 Å². The van der Waals surface area contributed by atoms with Crippen molar-refractivity contribution < 1.29 is 23.8 Å². The van der Waals surface area contributed by atoms with E-state index in [-0.39, 0.29) is 24.3 Å². The first kappa shape index (κ1) is 20.1. The lowest BCUT2D eigenvalue weighted by Gasteiger charge is -2.14. The number of amides is 2. The van der Waals surface area contributed by atoms with Crippen molar-refractivity contribution in [3.63, 3.8) is 0 Å². The van der Waals surface area contributed by atoms with Crippen LogP contribution in [0.4, 0.5) is 4.79 Å². The summed E-state index contributed by atoms with van der Waals surface area (Å²) < 4.78 is 16.0. The molecule has 0 radical (unpaired) electrons. The fourth-order valence-electron chi connectivity index (χ4n) is 2.60. The molecule has 1 saturated heterocycles. The molecular formula is C20H18ClNO5S. The highest BCUT2D eigenvalue weighted by Gasteiger charge is 2.34. The normalized spacial score (nSPS) is 15.2. The summed E-state index contributed by atoms with van der Waals surface area (Å²) in [4.78, 5) is 26.3. The number of carbonyl (C=O) groups excluding carboxylic acids is 2. The maximum Gasteiger partial charge on any atom is 0.293 e. The predicted molar refractivity (Wildman–Crippen MR) is 109 cm³/mol. The number of benzene rings is 2. The van der Waals surface area contributed by atoms with Gasteiger partial charge in [-0.15, -0.1) is 0 Å². The summed E-state index contributed by atoms with van der Waals surface area (Å²) in [6.07, 6.45) is 1.64. The van der Waals surface area contributed by atoms with E-state index in [1.54, 1.807) is 43.5 Å². The van der Waals surface area contributed by atoms with Gasteiger partial charge in [0, 0.05) is 0 Å². The minimum absolute atomic E-state index is 0.142. The van der Waals surface area contributed by atoms with E-state index in [0.29, 0.717) is 32.7 Å². The van der Waals surface area contributed by atoms with Gasteiger partial charge < -0.3 is 14.2 Å². The molecule has 1 fully saturated rings. The summed E-state index contributed by atoms with van der Waals surface area (Å²) in [6, 6.07) is 12.3. The second-order valence-corrected chi connectivity index (χ2v) is 7.13. The van der Waals surface area contributed by atoms with Gasteiger partial charge in [-0.3, -0.25) is 14.5 Å². The molecule has 2 aromatic carbocycles. The van der Waals surface area contributed by atoms with Crippen LogP contribution in [0.5, 0.6) is 17.2 Å². The number of para-hydroxylation sites is 2. The van der Waals surface area contributed by atoms with Crippen LogP contribution in [-0.2, 0) is 4.79 Å². The van der Waals surface area contributed by atoms with Crippen LogP contribution in [-0.4, -0.2) is 43.4 Å². The Morgan fingerprint density at radius 2 is 1.75 bits per heavy atom. The summed E-state index contributed by atoms with van der Waals surface area (Å²) in [5.41, 5.74) is 0.710. The second kappa shape index (κ2) is 9.03. The average molecular weight is 420 g/mol. The van der Waals surface area contributed by atoms with Crippen LogP contribution >= 0.6 is 23.4 Å². The molecule has 0 aromatic heterocycles. The quantitative estimate of drug-likeness (QED) is 0.617. The van der Waals surface area contributed by atoms with E-state index in [1.807, 2.05) is 12.1 Å². The van der Waals surface area contributed by atoms with Gasteiger partial charge >= 0.3 is 0 Å². The maximum absolute atomic E-state index is 12.6. The van der Waals surface area contributed by atoms with Crippen LogP contribution in [0.1, 0.15) is 5.56 Å². The number of imide groups is 1. The van der Waals surface area contributed by atoms with E-state index in [2.05, 4.69) is 0 Å². The molecule has 0 N–H and O–H groups in total. The Morgan fingerprint density at radius 1 is 1.04 bits per heavy atom. The summed E-state index contributed by atoms with van der Waals surface area (Å²) in [5, 5.41) is 0.0974. The smallest absolute Gasteiger partial charge is 0.293 e. The molecule has 28 heavy (non-hydrogen) atoms. The van der Waals surface area contributed by atoms with Crippen molar-refractivity contribution in [3.8, 4) is 17.2 Å². The topological polar surface area (TPSA) is 65.1 Å². The molecule has 0 spiro atoms. The third-order valence-electron chi connectivity index (χ3n) is 3.99. The molecule has 1 heterocycles. The standard InChI is InChI=1S/C20H18ClNO5S/c1-25-15-8-7-13(11-14(15)21)12-18-19(23)22(20(24)28-18)9-10-27-17-6-4-3-5-16(17)26-2/h3-8,11-12H,9-10H2,1-2H3/b18-12-. The van der Waals surface area contributed by atoms with Crippen molar-refractivity contribution in [2.75, 3.05) is 27.4 Å². The van der Waals surface area contributed by atoms with Crippen molar-refractivity contribution in [2.24, 2.45) is 0 Å². The molecule has 3 rings (SSSR count). The van der Waals surface area contributed by atoms with Crippen LogP contribution in [0.3, 0.4) is 0 Å². The van der Waals surface area contributed by atoms with Crippen LogP contribution in [0.2, 0.25) is 5.02 Å². The van der Waals surface area contributed by atoms with Crippen molar-refractivity contribution in [1.82, 2.24) is 4.90 Å². The van der Waals surface area contributed by atoms with Gasteiger partial charge in [-0.2, -0.15) is 0 Å². The molecule has 2 aromatic rings. The van der Waals surface area contributed by atoms with Gasteiger partial charge in [-0.05, 0) is 47.7 Å². The van der Waals surface area contributed by atoms with E-state index in [0.717, 1.165) is 16.7 Å². The molecule has 1 aliphatic rings. The highest BCUT2D eigenvalue weighted by Crippen LogP contribution is 2.34. The lowest BCUT2D eigenvalue weighted by molar-refractivity contribution is -0.123. The second-order valence-electron chi connectivity index (χ2n) is 5.73. The van der Waals surface area contributed by atoms with Crippen molar-refractivity contribution in [1.29, 1.82) is 0 Å². The minimum Gasteiger partial charge on any atom is -0.495 e. The van der Waals surface area contributed by atoms with E-state index < -0.39 is 0 Å². The molecule has 0 aliphatic carbocycles. The lowest BCUT2D eigenvalue weighted by Crippen LogP contribution is -2.32. The number of hydrogen-bond acceptors (Lipinski definition) is 6. The third kappa shape index (κ3) is 4.43. The van der Waals surface area contributed by atoms with Crippen LogP contribution in [0, 0.1) is 0 Å². The predicted octanol–water partition coefficient (Wildman–Crippen LogP) is 4.47. The van der Waals surface area contributed by atoms with Gasteiger partial charge in [0.25, 0.3) is 11.1 Å². The number of methoxy groups -OCH3 is 2. The van der Waals surface area contributed by atoms with Crippen molar-refractivity contribution in [2.45, 2.75) is 0 Å². The zero-order valence-corrected chi connectivity index (χ0v) is 16.9. The van der Waals surface area contributed by atoms with E-state index >= 15 is 0 Å². The highest BCUT2D eigenvalue weighted by molar-refractivity contribution is 8.18. The molecule has 6 nitrogen and oxygen atoms in total. The fourth-order valence-corrected chi connectivity index (χ4v) is 3.73. The molecule has 0 atom stereocenters. The largest absolute Gasteiger partial charge is 0.495 e. The van der Waals surface area contributed by atoms with E-state index in [9.17, 15) is 9.59 Å². The number of halogens is 1. The van der Waals surface area contributed by atoms with Gasteiger partial charge in [-0.1, -0.05) is 29.8 Å². The van der Waals surface area contributed by atoms with Gasteiger partial charge in [0.05, 0.1) is 30.7 Å². The zero-order valence-electron chi connectivity index (χ0n) is 15.3. The maximum atomic E-state index is 12.6. The molecule has 146 valence electrons. The first-order chi connectivity index (χ1) is 13.5. The zero-order chi connectivity index (χ0) is 20.1. The van der Waals surface area contributed by atoms with Crippen molar-refractivity contribution in [3.05, 3.63) is 58.0 Å². The summed E-state index contributed by atoms with van der Waals surface area (Å²) in [5.74, 6) is 1.33. The molecule has 8 heteroatoms. The third-order valence-corrected chi connectivity index (χ3v) is 5.19. The fraction of sp³-hybridized carbons (Fsp3) is 0.200. The van der Waals surface area contributed by atoms with Crippen LogP contribution < -0.4 is 14.2 Å². The number of rotatable bonds is 7. The van der Waals surface area contributed by atoms with Crippen molar-refractivity contribution >= 4 is 40.6 Å².